The molecule has 0 saturated carbocycles. The second kappa shape index (κ2) is 3.65. The number of aliphatic hydroxyl groups excluding tert-OH is 1. The van der Waals surface area contributed by atoms with Gasteiger partial charge in [-0.3, -0.25) is 0 Å². The van der Waals surface area contributed by atoms with Crippen LogP contribution in [0, 0.1) is 0 Å². The van der Waals surface area contributed by atoms with Crippen LogP contribution >= 0.6 is 0 Å². The summed E-state index contributed by atoms with van der Waals surface area (Å²) in [6.07, 6.45) is 6.62. The Hall–Kier alpha value is -0.800. The lowest BCUT2D eigenvalue weighted by molar-refractivity contribution is 0.159. The summed E-state index contributed by atoms with van der Waals surface area (Å²) >= 11 is 0. The second-order valence-electron chi connectivity index (χ2n) is 4.66. The minimum atomic E-state index is -0.195. The van der Waals surface area contributed by atoms with Crippen LogP contribution in [0.2, 0.25) is 0 Å². The van der Waals surface area contributed by atoms with E-state index in [1.54, 1.807) is 0 Å². The van der Waals surface area contributed by atoms with E-state index in [4.69, 9.17) is 0 Å². The maximum Gasteiger partial charge on any atom is 0.0747 e. The van der Waals surface area contributed by atoms with E-state index in [9.17, 15) is 5.11 Å². The van der Waals surface area contributed by atoms with Gasteiger partial charge in [-0.25, -0.2) is 0 Å². The van der Waals surface area contributed by atoms with Gasteiger partial charge in [0.1, 0.15) is 0 Å². The van der Waals surface area contributed by atoms with Crippen LogP contribution in [0.25, 0.3) is 0 Å². The average molecular weight is 206 g/mol. The first-order valence-corrected chi connectivity index (χ1v) is 5.95. The summed E-state index contributed by atoms with van der Waals surface area (Å²) in [4.78, 5) is 0. The smallest absolute Gasteiger partial charge is 0.0747 e. The molecule has 82 valence electrons. The van der Waals surface area contributed by atoms with Crippen molar-refractivity contribution >= 4 is 0 Å². The first-order chi connectivity index (χ1) is 7.36. The zero-order valence-corrected chi connectivity index (χ0v) is 8.95. The molecule has 0 spiro atoms. The first-order valence-electron chi connectivity index (χ1n) is 5.95. The number of fused-ring (bicyclic) bond motifs is 1. The van der Waals surface area contributed by atoms with Crippen molar-refractivity contribution in [1.82, 2.24) is 9.88 Å². The summed E-state index contributed by atoms with van der Waals surface area (Å²) in [6, 6.07) is 2.37. The molecule has 3 heteroatoms. The van der Waals surface area contributed by atoms with E-state index in [0.717, 1.165) is 19.5 Å². The van der Waals surface area contributed by atoms with Gasteiger partial charge in [-0.15, -0.1) is 0 Å². The SMILES string of the molecule is OC1CCNC1c1ccn2c1CCCC2. The van der Waals surface area contributed by atoms with Gasteiger partial charge in [0, 0.05) is 18.4 Å². The molecular weight excluding hydrogens is 188 g/mol. The molecule has 1 saturated heterocycles. The highest BCUT2D eigenvalue weighted by Gasteiger charge is 2.29. The van der Waals surface area contributed by atoms with Crippen LogP contribution in [-0.2, 0) is 13.0 Å². The first kappa shape index (κ1) is 9.43. The van der Waals surface area contributed by atoms with Gasteiger partial charge < -0.3 is 15.0 Å². The molecule has 3 nitrogen and oxygen atoms in total. The van der Waals surface area contributed by atoms with Crippen molar-refractivity contribution in [1.29, 1.82) is 0 Å². The van der Waals surface area contributed by atoms with Crippen LogP contribution in [0.4, 0.5) is 0 Å². The Morgan fingerprint density at radius 2 is 2.33 bits per heavy atom. The maximum absolute atomic E-state index is 9.89. The summed E-state index contributed by atoms with van der Waals surface area (Å²) in [7, 11) is 0. The van der Waals surface area contributed by atoms with Gasteiger partial charge in [0.2, 0.25) is 0 Å². The normalized spacial score (nSPS) is 30.5. The van der Waals surface area contributed by atoms with Gasteiger partial charge in [-0.1, -0.05) is 0 Å². The molecule has 3 heterocycles. The number of aryl methyl sites for hydroxylation is 1. The Morgan fingerprint density at radius 1 is 1.40 bits per heavy atom. The Morgan fingerprint density at radius 3 is 3.13 bits per heavy atom. The Labute approximate surface area is 90.1 Å². The highest BCUT2D eigenvalue weighted by atomic mass is 16.3. The van der Waals surface area contributed by atoms with Crippen molar-refractivity contribution in [3.05, 3.63) is 23.5 Å². The van der Waals surface area contributed by atoms with Crippen molar-refractivity contribution in [2.24, 2.45) is 0 Å². The quantitative estimate of drug-likeness (QED) is 0.725. The number of hydrogen-bond acceptors (Lipinski definition) is 2. The molecule has 0 amide bonds. The Balaban J connectivity index is 1.94. The number of aliphatic hydroxyl groups is 1. The highest BCUT2D eigenvalue weighted by molar-refractivity contribution is 5.29. The molecule has 2 aliphatic heterocycles. The summed E-state index contributed by atoms with van der Waals surface area (Å²) < 4.78 is 2.35. The number of hydrogen-bond donors (Lipinski definition) is 2. The zero-order valence-electron chi connectivity index (χ0n) is 8.95. The molecule has 1 fully saturated rings. The van der Waals surface area contributed by atoms with E-state index in [1.807, 2.05) is 0 Å². The van der Waals surface area contributed by atoms with Gasteiger partial charge >= 0.3 is 0 Å². The lowest BCUT2D eigenvalue weighted by Crippen LogP contribution is -2.23. The van der Waals surface area contributed by atoms with Crippen molar-refractivity contribution in [2.75, 3.05) is 6.54 Å². The van der Waals surface area contributed by atoms with Crippen LogP contribution in [0.3, 0.4) is 0 Å². The van der Waals surface area contributed by atoms with Crippen molar-refractivity contribution in [2.45, 2.75) is 44.4 Å². The molecule has 2 unspecified atom stereocenters. The van der Waals surface area contributed by atoms with E-state index in [-0.39, 0.29) is 12.1 Å². The minimum Gasteiger partial charge on any atom is -0.391 e. The Kier molecular flexibility index (Phi) is 2.29. The fourth-order valence-electron chi connectivity index (χ4n) is 2.88. The van der Waals surface area contributed by atoms with Crippen molar-refractivity contribution < 1.29 is 5.11 Å². The molecule has 3 rings (SSSR count). The average Bonchev–Trinajstić information content (AvgIpc) is 2.83. The summed E-state index contributed by atoms with van der Waals surface area (Å²) in [5, 5.41) is 13.3. The monoisotopic (exact) mass is 206 g/mol. The third-order valence-corrected chi connectivity index (χ3v) is 3.70. The van der Waals surface area contributed by atoms with Crippen LogP contribution in [-0.4, -0.2) is 22.3 Å². The topological polar surface area (TPSA) is 37.2 Å². The zero-order chi connectivity index (χ0) is 10.3. The molecule has 0 aromatic carbocycles. The largest absolute Gasteiger partial charge is 0.391 e. The third kappa shape index (κ3) is 1.50. The van der Waals surface area contributed by atoms with E-state index in [2.05, 4.69) is 22.1 Å². The summed E-state index contributed by atoms with van der Waals surface area (Å²) in [5.74, 6) is 0. The van der Waals surface area contributed by atoms with E-state index in [1.165, 1.54) is 30.5 Å². The predicted octanol–water partition coefficient (Wildman–Crippen LogP) is 1.22. The van der Waals surface area contributed by atoms with Crippen LogP contribution in [0.1, 0.15) is 36.6 Å². The highest BCUT2D eigenvalue weighted by Crippen LogP contribution is 2.30. The molecule has 2 aliphatic rings. The summed E-state index contributed by atoms with van der Waals surface area (Å²) in [6.45, 7) is 2.09. The van der Waals surface area contributed by atoms with Crippen molar-refractivity contribution in [3.63, 3.8) is 0 Å². The number of rotatable bonds is 1. The third-order valence-electron chi connectivity index (χ3n) is 3.70. The number of aromatic nitrogens is 1. The van der Waals surface area contributed by atoms with Gasteiger partial charge in [0.15, 0.2) is 0 Å². The maximum atomic E-state index is 9.89. The number of nitrogens with zero attached hydrogens (tertiary/aromatic N) is 1. The standard InChI is InChI=1S/C12H18N2O/c15-11-4-6-13-12(11)9-5-8-14-7-2-1-3-10(9)14/h5,8,11-13,15H,1-4,6-7H2. The lowest BCUT2D eigenvalue weighted by atomic mass is 9.99. The van der Waals surface area contributed by atoms with E-state index in [0.29, 0.717) is 0 Å². The molecule has 0 bridgehead atoms. The van der Waals surface area contributed by atoms with E-state index >= 15 is 0 Å². The van der Waals surface area contributed by atoms with Crippen molar-refractivity contribution in [3.8, 4) is 0 Å². The van der Waals surface area contributed by atoms with Gasteiger partial charge in [0.25, 0.3) is 0 Å². The molecule has 2 N–H and O–H groups in total. The second-order valence-corrected chi connectivity index (χ2v) is 4.66. The fourth-order valence-corrected chi connectivity index (χ4v) is 2.88. The van der Waals surface area contributed by atoms with Crippen LogP contribution in [0.15, 0.2) is 12.3 Å². The molecule has 0 radical (unpaired) electrons. The predicted molar refractivity (Wildman–Crippen MR) is 58.7 cm³/mol. The molecular formula is C12H18N2O. The Bertz CT molecular complexity index is 359. The minimum absolute atomic E-state index is 0.180. The van der Waals surface area contributed by atoms with Gasteiger partial charge in [-0.05, 0) is 43.9 Å². The van der Waals surface area contributed by atoms with E-state index < -0.39 is 0 Å². The van der Waals surface area contributed by atoms with Gasteiger partial charge in [0.05, 0.1) is 12.1 Å². The molecule has 15 heavy (non-hydrogen) atoms. The van der Waals surface area contributed by atoms with Crippen LogP contribution in [0.5, 0.6) is 0 Å². The fraction of sp³-hybridized carbons (Fsp3) is 0.667. The molecule has 2 atom stereocenters. The lowest BCUT2D eigenvalue weighted by Gasteiger charge is -2.20. The van der Waals surface area contributed by atoms with Crippen LogP contribution < -0.4 is 5.32 Å². The molecule has 1 aromatic rings. The number of nitrogens with one attached hydrogen (secondary N) is 1. The van der Waals surface area contributed by atoms with Gasteiger partial charge in [-0.2, -0.15) is 0 Å². The molecule has 1 aromatic heterocycles. The molecule has 0 aliphatic carbocycles. The summed E-state index contributed by atoms with van der Waals surface area (Å²) in [5.41, 5.74) is 2.78.